The van der Waals surface area contributed by atoms with Crippen molar-refractivity contribution in [3.63, 3.8) is 0 Å². The second-order valence-electron chi connectivity index (χ2n) is 14.8. The van der Waals surface area contributed by atoms with Gasteiger partial charge >= 0.3 is 0 Å². The molecule has 11 aromatic carbocycles. The molecule has 12 aromatic rings. The number of aromatic nitrogens is 3. The van der Waals surface area contributed by atoms with Gasteiger partial charge in [-0.1, -0.05) is 170 Å². The lowest BCUT2D eigenvalue weighted by Gasteiger charge is -2.18. The molecule has 0 fully saturated rings. The highest BCUT2D eigenvalue weighted by Gasteiger charge is 2.19. The van der Waals surface area contributed by atoms with Crippen molar-refractivity contribution in [1.29, 1.82) is 0 Å². The summed E-state index contributed by atoms with van der Waals surface area (Å²) in [5, 5.41) is 15.2. The molecule has 0 unspecified atom stereocenters. The molecule has 0 aliphatic heterocycles. The van der Waals surface area contributed by atoms with Gasteiger partial charge in [-0.3, -0.25) is 0 Å². The topological polar surface area (TPSA) is 38.7 Å². The van der Waals surface area contributed by atoms with Gasteiger partial charge in [0.05, 0.1) is 0 Å². The summed E-state index contributed by atoms with van der Waals surface area (Å²) in [4.78, 5) is 15.4. The van der Waals surface area contributed by atoms with E-state index >= 15 is 0 Å². The van der Waals surface area contributed by atoms with Gasteiger partial charge in [0.1, 0.15) is 0 Å². The average Bonchev–Trinajstić information content (AvgIpc) is 3.27. The molecule has 3 heteroatoms. The lowest BCUT2D eigenvalue weighted by Crippen LogP contribution is -2.00. The van der Waals surface area contributed by atoms with Crippen LogP contribution >= 0.6 is 0 Å². The van der Waals surface area contributed by atoms with Crippen molar-refractivity contribution in [3.8, 4) is 56.4 Å². The largest absolute Gasteiger partial charge is 0.208 e. The van der Waals surface area contributed by atoms with E-state index in [-0.39, 0.29) is 0 Å². The van der Waals surface area contributed by atoms with E-state index in [0.29, 0.717) is 17.5 Å². The van der Waals surface area contributed by atoms with Gasteiger partial charge in [-0.05, 0) is 105 Å². The predicted octanol–water partition coefficient (Wildman–Crippen LogP) is 14.0. The highest BCUT2D eigenvalue weighted by Crippen LogP contribution is 2.44. The summed E-state index contributed by atoms with van der Waals surface area (Å²) in [6.45, 7) is 0. The molecule has 0 radical (unpaired) electrons. The Morgan fingerprint density at radius 3 is 1.00 bits per heavy atom. The van der Waals surface area contributed by atoms with E-state index in [0.717, 1.165) is 27.8 Å². The van der Waals surface area contributed by atoms with Crippen LogP contribution in [0.3, 0.4) is 0 Å². The lowest BCUT2D eigenvalue weighted by atomic mass is 9.86. The van der Waals surface area contributed by atoms with Crippen molar-refractivity contribution >= 4 is 64.6 Å². The third kappa shape index (κ3) is 4.74. The van der Waals surface area contributed by atoms with Crippen LogP contribution in [0, 0.1) is 0 Å². The first-order valence-electron chi connectivity index (χ1n) is 19.1. The third-order valence-electron chi connectivity index (χ3n) is 11.6. The Labute approximate surface area is 322 Å². The second-order valence-corrected chi connectivity index (χ2v) is 14.8. The summed E-state index contributed by atoms with van der Waals surface area (Å²) >= 11 is 0. The molecule has 0 amide bonds. The van der Waals surface area contributed by atoms with Crippen LogP contribution in [0.25, 0.3) is 121 Å². The monoisotopic (exact) mass is 709 g/mol. The lowest BCUT2D eigenvalue weighted by molar-refractivity contribution is 1.07. The number of nitrogens with zero attached hydrogens (tertiary/aromatic N) is 3. The van der Waals surface area contributed by atoms with Gasteiger partial charge in [-0.15, -0.1) is 0 Å². The zero-order valence-electron chi connectivity index (χ0n) is 30.2. The highest BCUT2D eigenvalue weighted by atomic mass is 15.0. The minimum Gasteiger partial charge on any atom is -0.208 e. The second kappa shape index (κ2) is 12.0. The quantitative estimate of drug-likeness (QED) is 0.167. The summed E-state index contributed by atoms with van der Waals surface area (Å²) in [6.07, 6.45) is 0. The molecular formula is C53H31N3. The van der Waals surface area contributed by atoms with Crippen LogP contribution in [0.5, 0.6) is 0 Å². The molecule has 0 saturated heterocycles. The van der Waals surface area contributed by atoms with Gasteiger partial charge in [-0.2, -0.15) is 0 Å². The highest BCUT2D eigenvalue weighted by molar-refractivity contribution is 6.27. The summed E-state index contributed by atoms with van der Waals surface area (Å²) in [5.74, 6) is 1.93. The normalized spacial score (nSPS) is 11.9. The minimum absolute atomic E-state index is 0.635. The van der Waals surface area contributed by atoms with Gasteiger partial charge in [0.2, 0.25) is 0 Å². The summed E-state index contributed by atoms with van der Waals surface area (Å²) in [6, 6.07) is 67.7. The Morgan fingerprint density at radius 2 is 0.571 bits per heavy atom. The molecular weight excluding hydrogens is 679 g/mol. The maximum absolute atomic E-state index is 5.20. The zero-order chi connectivity index (χ0) is 36.7. The van der Waals surface area contributed by atoms with Crippen LogP contribution < -0.4 is 0 Å². The molecule has 1 heterocycles. The summed E-state index contributed by atoms with van der Waals surface area (Å²) < 4.78 is 0. The van der Waals surface area contributed by atoms with E-state index in [1.165, 1.54) is 75.8 Å². The zero-order valence-corrected chi connectivity index (χ0v) is 30.2. The van der Waals surface area contributed by atoms with E-state index in [1.807, 2.05) is 36.4 Å². The van der Waals surface area contributed by atoms with Crippen molar-refractivity contribution in [3.05, 3.63) is 188 Å². The molecule has 12 rings (SSSR count). The maximum Gasteiger partial charge on any atom is 0.164 e. The van der Waals surface area contributed by atoms with Gasteiger partial charge in [0.25, 0.3) is 0 Å². The van der Waals surface area contributed by atoms with E-state index in [9.17, 15) is 0 Å². The SMILES string of the molecule is c1ccc(-c2nc(-c3ccccc3)nc(-c3cc(-c4ccc5ccc6cccc7ccc4c5c67)cc(-c4ccc5ccc6cccc7ccc4c5c67)c3)n2)cc1. The van der Waals surface area contributed by atoms with Crippen LogP contribution in [0.15, 0.2) is 188 Å². The van der Waals surface area contributed by atoms with Crippen molar-refractivity contribution < 1.29 is 0 Å². The molecule has 0 atom stereocenters. The smallest absolute Gasteiger partial charge is 0.164 e. The van der Waals surface area contributed by atoms with E-state index in [1.54, 1.807) is 0 Å². The van der Waals surface area contributed by atoms with Crippen LogP contribution in [-0.2, 0) is 0 Å². The van der Waals surface area contributed by atoms with Crippen molar-refractivity contribution in [2.75, 3.05) is 0 Å². The first kappa shape index (κ1) is 30.9. The van der Waals surface area contributed by atoms with Gasteiger partial charge < -0.3 is 0 Å². The molecule has 56 heavy (non-hydrogen) atoms. The molecule has 1 aromatic heterocycles. The average molecular weight is 710 g/mol. The molecule has 0 spiro atoms. The van der Waals surface area contributed by atoms with Crippen LogP contribution in [0.1, 0.15) is 0 Å². The van der Waals surface area contributed by atoms with Gasteiger partial charge in [0.15, 0.2) is 17.5 Å². The van der Waals surface area contributed by atoms with Crippen LogP contribution in [0.2, 0.25) is 0 Å². The van der Waals surface area contributed by atoms with Crippen molar-refractivity contribution in [2.45, 2.75) is 0 Å². The molecule has 0 N–H and O–H groups in total. The maximum atomic E-state index is 5.20. The number of benzene rings is 11. The number of rotatable bonds is 5. The van der Waals surface area contributed by atoms with E-state index in [2.05, 4.69) is 152 Å². The Kier molecular flexibility index (Phi) is 6.63. The van der Waals surface area contributed by atoms with E-state index in [4.69, 9.17) is 15.0 Å². The van der Waals surface area contributed by atoms with Crippen LogP contribution in [-0.4, -0.2) is 15.0 Å². The van der Waals surface area contributed by atoms with Crippen molar-refractivity contribution in [2.24, 2.45) is 0 Å². The number of hydrogen-bond acceptors (Lipinski definition) is 3. The van der Waals surface area contributed by atoms with Gasteiger partial charge in [0, 0.05) is 16.7 Å². The molecule has 3 nitrogen and oxygen atoms in total. The summed E-state index contributed by atoms with van der Waals surface area (Å²) in [5.41, 5.74) is 7.42. The first-order chi connectivity index (χ1) is 27.7. The standard InChI is InChI=1S/C53H31N3/c1-3-9-38(10-4-1)51-54-52(39-11-5-2-6-12-39)56-53(55-51)42-30-40(43-25-21-36-19-17-32-13-7-15-34-23-27-45(43)49(36)47(32)34)29-41(31-42)44-26-22-37-20-18-33-14-8-16-35-24-28-46(44)50(37)48(33)35/h1-31H. The fraction of sp³-hybridized carbons (Fsp3) is 0. The van der Waals surface area contributed by atoms with Crippen molar-refractivity contribution in [1.82, 2.24) is 15.0 Å². The molecule has 0 aliphatic carbocycles. The minimum atomic E-state index is 0.635. The fourth-order valence-electron chi connectivity index (χ4n) is 8.98. The molecule has 0 bridgehead atoms. The van der Waals surface area contributed by atoms with E-state index < -0.39 is 0 Å². The Hall–Kier alpha value is -7.49. The van der Waals surface area contributed by atoms with Crippen LogP contribution in [0.4, 0.5) is 0 Å². The van der Waals surface area contributed by atoms with Gasteiger partial charge in [-0.25, -0.2) is 15.0 Å². The Bertz CT molecular complexity index is 3210. The first-order valence-corrected chi connectivity index (χ1v) is 19.1. The Morgan fingerprint density at radius 1 is 0.232 bits per heavy atom. The molecule has 0 saturated carbocycles. The summed E-state index contributed by atoms with van der Waals surface area (Å²) in [7, 11) is 0. The third-order valence-corrected chi connectivity index (χ3v) is 11.6. The fourth-order valence-corrected chi connectivity index (χ4v) is 8.98. The predicted molar refractivity (Wildman–Crippen MR) is 234 cm³/mol. The molecule has 258 valence electrons. The molecule has 0 aliphatic rings. The number of hydrogen-bond donors (Lipinski definition) is 0. The Balaban J connectivity index is 1.16.